The molecule has 0 saturated carbocycles. The summed E-state index contributed by atoms with van der Waals surface area (Å²) in [5, 5.41) is 16.1. The quantitative estimate of drug-likeness (QED) is 0.589. The Kier molecular flexibility index (Phi) is 6.13. The lowest BCUT2D eigenvalue weighted by atomic mass is 10.1. The highest BCUT2D eigenvalue weighted by Gasteiger charge is 2.16. The first kappa shape index (κ1) is 18.3. The second kappa shape index (κ2) is 8.72. The van der Waals surface area contributed by atoms with E-state index in [-0.39, 0.29) is 18.0 Å². The largest absolute Gasteiger partial charge is 0.477 e. The number of nitrogens with zero attached hydrogens (tertiary/aromatic N) is 3. The Balaban J connectivity index is 1.50. The molecule has 0 spiro atoms. The summed E-state index contributed by atoms with van der Waals surface area (Å²) in [6, 6.07) is 5.96. The molecule has 1 N–H and O–H groups in total. The molecular weight excluding hydrogens is 356 g/mol. The predicted molar refractivity (Wildman–Crippen MR) is 98.5 cm³/mol. The van der Waals surface area contributed by atoms with Crippen molar-refractivity contribution in [2.75, 3.05) is 25.0 Å². The van der Waals surface area contributed by atoms with E-state index in [0.717, 1.165) is 25.3 Å². The lowest BCUT2D eigenvalue weighted by Crippen LogP contribution is -2.29. The van der Waals surface area contributed by atoms with E-state index in [0.29, 0.717) is 5.13 Å². The van der Waals surface area contributed by atoms with Crippen molar-refractivity contribution in [3.63, 3.8) is 0 Å². The topological polar surface area (TPSA) is 97.6 Å². The van der Waals surface area contributed by atoms with E-state index >= 15 is 0 Å². The molecule has 0 radical (unpaired) electrons. The summed E-state index contributed by atoms with van der Waals surface area (Å²) in [5.74, 6) is -0.334. The van der Waals surface area contributed by atoms with E-state index in [1.165, 1.54) is 42.7 Å². The molecule has 138 valence electrons. The number of nitro groups is 1. The van der Waals surface area contributed by atoms with Crippen LogP contribution in [0, 0.1) is 10.1 Å². The number of anilines is 1. The number of nitro benzene ring substituents is 1. The van der Waals surface area contributed by atoms with Crippen LogP contribution < -0.4 is 10.1 Å². The molecule has 1 aliphatic rings. The number of nitrogens with one attached hydrogen (secondary N) is 1. The third-order valence-electron chi connectivity index (χ3n) is 4.05. The fourth-order valence-electron chi connectivity index (χ4n) is 2.81. The van der Waals surface area contributed by atoms with Crippen molar-refractivity contribution in [2.24, 2.45) is 0 Å². The van der Waals surface area contributed by atoms with Crippen molar-refractivity contribution in [1.29, 1.82) is 0 Å². The van der Waals surface area contributed by atoms with Gasteiger partial charge in [-0.3, -0.25) is 25.1 Å². The maximum atomic E-state index is 12.0. The van der Waals surface area contributed by atoms with Gasteiger partial charge in [0.15, 0.2) is 17.5 Å². The van der Waals surface area contributed by atoms with Crippen LogP contribution in [0.4, 0.5) is 10.8 Å². The molecule has 1 aliphatic heterocycles. The molecular formula is C17H20N4O4S. The van der Waals surface area contributed by atoms with Gasteiger partial charge in [-0.2, -0.15) is 0 Å². The third kappa shape index (κ3) is 4.99. The van der Waals surface area contributed by atoms with Gasteiger partial charge in [0.05, 0.1) is 10.6 Å². The number of piperidine rings is 1. The van der Waals surface area contributed by atoms with Crippen LogP contribution in [0.15, 0.2) is 29.6 Å². The van der Waals surface area contributed by atoms with Gasteiger partial charge in [-0.25, -0.2) is 4.98 Å². The summed E-state index contributed by atoms with van der Waals surface area (Å²) in [6.45, 7) is 2.65. The number of benzene rings is 1. The zero-order valence-corrected chi connectivity index (χ0v) is 15.0. The molecule has 8 nitrogen and oxygen atoms in total. The van der Waals surface area contributed by atoms with Gasteiger partial charge in [0.25, 0.3) is 5.91 Å². The van der Waals surface area contributed by atoms with Crippen LogP contribution in [0.2, 0.25) is 0 Å². The minimum absolute atomic E-state index is 0.0672. The molecule has 9 heteroatoms. The van der Waals surface area contributed by atoms with Crippen LogP contribution in [-0.2, 0) is 11.3 Å². The summed E-state index contributed by atoms with van der Waals surface area (Å²) >= 11 is 1.36. The Morgan fingerprint density at radius 1 is 1.31 bits per heavy atom. The molecule has 3 rings (SSSR count). The third-order valence-corrected chi connectivity index (χ3v) is 4.86. The zero-order chi connectivity index (χ0) is 18.4. The lowest BCUT2D eigenvalue weighted by Gasteiger charge is -2.25. The summed E-state index contributed by atoms with van der Waals surface area (Å²) in [7, 11) is 0. The van der Waals surface area contributed by atoms with E-state index in [1.807, 2.05) is 5.38 Å². The Morgan fingerprint density at radius 2 is 2.08 bits per heavy atom. The number of para-hydroxylation sites is 2. The van der Waals surface area contributed by atoms with Crippen LogP contribution in [0.3, 0.4) is 0 Å². The molecule has 0 aliphatic carbocycles. The Morgan fingerprint density at radius 3 is 2.85 bits per heavy atom. The molecule has 0 bridgehead atoms. The van der Waals surface area contributed by atoms with Gasteiger partial charge in [-0.1, -0.05) is 18.6 Å². The first-order valence-corrected chi connectivity index (χ1v) is 9.32. The normalized spacial score (nSPS) is 14.8. The maximum absolute atomic E-state index is 12.0. The van der Waals surface area contributed by atoms with E-state index in [9.17, 15) is 14.9 Å². The Bertz CT molecular complexity index is 774. The molecule has 1 amide bonds. The zero-order valence-electron chi connectivity index (χ0n) is 14.2. The summed E-state index contributed by atoms with van der Waals surface area (Å²) in [5.41, 5.74) is 0.769. The van der Waals surface area contributed by atoms with Crippen LogP contribution in [0.5, 0.6) is 5.75 Å². The van der Waals surface area contributed by atoms with Crippen molar-refractivity contribution in [3.05, 3.63) is 45.5 Å². The van der Waals surface area contributed by atoms with Crippen molar-refractivity contribution in [2.45, 2.75) is 25.8 Å². The van der Waals surface area contributed by atoms with Crippen molar-refractivity contribution in [1.82, 2.24) is 9.88 Å². The standard InChI is InChI=1S/C17H20N4O4S/c22-16(11-25-15-7-3-2-6-14(15)21(23)24)19-17-18-13(12-26-17)10-20-8-4-1-5-9-20/h2-3,6-7,12H,1,4-5,8-11H2,(H,18,19,22). The van der Waals surface area contributed by atoms with Crippen LogP contribution in [-0.4, -0.2) is 40.4 Å². The van der Waals surface area contributed by atoms with Gasteiger partial charge in [0.1, 0.15) is 0 Å². The summed E-state index contributed by atoms with van der Waals surface area (Å²) in [4.78, 5) is 29.2. The number of hydrogen-bond acceptors (Lipinski definition) is 7. The highest BCUT2D eigenvalue weighted by molar-refractivity contribution is 7.13. The number of ether oxygens (including phenoxy) is 1. The minimum Gasteiger partial charge on any atom is -0.477 e. The number of rotatable bonds is 7. The summed E-state index contributed by atoms with van der Waals surface area (Å²) in [6.07, 6.45) is 3.72. The molecule has 2 heterocycles. The predicted octanol–water partition coefficient (Wildman–Crippen LogP) is 3.05. The molecule has 1 fully saturated rings. The molecule has 2 aromatic rings. The highest BCUT2D eigenvalue weighted by atomic mass is 32.1. The van der Waals surface area contributed by atoms with Gasteiger partial charge in [-0.05, 0) is 32.0 Å². The van der Waals surface area contributed by atoms with E-state index < -0.39 is 10.8 Å². The fourth-order valence-corrected chi connectivity index (χ4v) is 3.53. The van der Waals surface area contributed by atoms with Gasteiger partial charge < -0.3 is 4.74 Å². The minimum atomic E-state index is -0.541. The first-order valence-electron chi connectivity index (χ1n) is 8.44. The van der Waals surface area contributed by atoms with Gasteiger partial charge >= 0.3 is 5.69 Å². The molecule has 1 saturated heterocycles. The number of aromatic nitrogens is 1. The molecule has 0 atom stereocenters. The number of amides is 1. The Hall–Kier alpha value is -2.52. The number of likely N-dealkylation sites (tertiary alicyclic amines) is 1. The maximum Gasteiger partial charge on any atom is 0.310 e. The average molecular weight is 376 g/mol. The average Bonchev–Trinajstić information content (AvgIpc) is 3.07. The Labute approximate surface area is 154 Å². The molecule has 0 unspecified atom stereocenters. The van der Waals surface area contributed by atoms with E-state index in [2.05, 4.69) is 15.2 Å². The van der Waals surface area contributed by atoms with E-state index in [4.69, 9.17) is 4.74 Å². The molecule has 26 heavy (non-hydrogen) atoms. The number of carbonyl (C=O) groups excluding carboxylic acids is 1. The van der Waals surface area contributed by atoms with Gasteiger partial charge in [0.2, 0.25) is 0 Å². The highest BCUT2D eigenvalue weighted by Crippen LogP contribution is 2.25. The first-order chi connectivity index (χ1) is 12.6. The van der Waals surface area contributed by atoms with E-state index in [1.54, 1.807) is 12.1 Å². The second-order valence-electron chi connectivity index (χ2n) is 6.04. The lowest BCUT2D eigenvalue weighted by molar-refractivity contribution is -0.385. The molecule has 1 aromatic heterocycles. The number of carbonyl (C=O) groups is 1. The van der Waals surface area contributed by atoms with Gasteiger partial charge in [0, 0.05) is 18.0 Å². The monoisotopic (exact) mass is 376 g/mol. The van der Waals surface area contributed by atoms with Crippen LogP contribution >= 0.6 is 11.3 Å². The van der Waals surface area contributed by atoms with Crippen LogP contribution in [0.1, 0.15) is 25.0 Å². The summed E-state index contributed by atoms with van der Waals surface area (Å²) < 4.78 is 5.28. The number of hydrogen-bond donors (Lipinski definition) is 1. The van der Waals surface area contributed by atoms with Crippen molar-refractivity contribution >= 4 is 28.1 Å². The SMILES string of the molecule is O=C(COc1ccccc1[N+](=O)[O-])Nc1nc(CN2CCCCC2)cs1. The number of thiazole rings is 1. The fraction of sp³-hybridized carbons (Fsp3) is 0.412. The molecule has 1 aromatic carbocycles. The smallest absolute Gasteiger partial charge is 0.310 e. The second-order valence-corrected chi connectivity index (χ2v) is 6.90. The van der Waals surface area contributed by atoms with Gasteiger partial charge in [-0.15, -0.1) is 11.3 Å². The van der Waals surface area contributed by atoms with Crippen molar-refractivity contribution in [3.8, 4) is 5.75 Å². The van der Waals surface area contributed by atoms with Crippen LogP contribution in [0.25, 0.3) is 0 Å². The van der Waals surface area contributed by atoms with Crippen molar-refractivity contribution < 1.29 is 14.5 Å².